The fraction of sp³-hybridized carbons (Fsp3) is 0.500. The molecule has 1 rings (SSSR count). The normalized spacial score (nSPS) is 11.8. The Balaban J connectivity index is 2.45. The number of halogens is 1. The van der Waals surface area contributed by atoms with Crippen molar-refractivity contribution in [3.8, 4) is 0 Å². The molecule has 0 fully saturated rings. The zero-order valence-corrected chi connectivity index (χ0v) is 12.9. The molecule has 1 aromatic rings. The Morgan fingerprint density at radius 3 is 2.39 bits per heavy atom. The monoisotopic (exact) mass is 311 g/mol. The molecule has 0 saturated carbocycles. The van der Waals surface area contributed by atoms with Gasteiger partial charge in [0.15, 0.2) is 0 Å². The van der Waals surface area contributed by atoms with Crippen molar-refractivity contribution in [3.63, 3.8) is 0 Å². The Kier molecular flexibility index (Phi) is 5.35. The number of nitrogens with one attached hydrogen (secondary N) is 1. The van der Waals surface area contributed by atoms with Gasteiger partial charge in [0, 0.05) is 16.4 Å². The lowest BCUT2D eigenvalue weighted by Crippen LogP contribution is -2.34. The Hall–Kier alpha value is -0.870. The van der Waals surface area contributed by atoms with Crippen LogP contribution in [-0.2, 0) is 6.54 Å². The predicted molar refractivity (Wildman–Crippen MR) is 80.8 cm³/mol. The molecule has 0 atom stereocenters. The van der Waals surface area contributed by atoms with E-state index in [1.807, 2.05) is 13.8 Å². The second kappa shape index (κ2) is 6.34. The third-order valence-corrected chi connectivity index (χ3v) is 3.74. The van der Waals surface area contributed by atoms with Crippen molar-refractivity contribution < 1.29 is 0 Å². The van der Waals surface area contributed by atoms with Crippen LogP contribution in [0.2, 0.25) is 0 Å². The Bertz CT molecular complexity index is 398. The van der Waals surface area contributed by atoms with Crippen molar-refractivity contribution in [1.82, 2.24) is 4.90 Å². The van der Waals surface area contributed by atoms with Gasteiger partial charge in [-0.3, -0.25) is 5.41 Å². The fourth-order valence-electron chi connectivity index (χ4n) is 1.59. The van der Waals surface area contributed by atoms with Crippen LogP contribution in [0, 0.1) is 10.8 Å². The van der Waals surface area contributed by atoms with Crippen molar-refractivity contribution in [3.05, 3.63) is 34.3 Å². The topological polar surface area (TPSA) is 53.1 Å². The summed E-state index contributed by atoms with van der Waals surface area (Å²) < 4.78 is 1.10. The van der Waals surface area contributed by atoms with Crippen LogP contribution in [0.4, 0.5) is 0 Å². The summed E-state index contributed by atoms with van der Waals surface area (Å²) in [6.07, 6.45) is 0.898. The minimum absolute atomic E-state index is 0.214. The summed E-state index contributed by atoms with van der Waals surface area (Å²) in [7, 11) is 2.10. The minimum Gasteiger partial charge on any atom is -0.387 e. The highest BCUT2D eigenvalue weighted by atomic mass is 79.9. The molecule has 0 heterocycles. The Labute approximate surface area is 118 Å². The van der Waals surface area contributed by atoms with Gasteiger partial charge >= 0.3 is 0 Å². The van der Waals surface area contributed by atoms with Gasteiger partial charge in [-0.2, -0.15) is 0 Å². The lowest BCUT2D eigenvalue weighted by atomic mass is 9.88. The third-order valence-electron chi connectivity index (χ3n) is 3.21. The first-order valence-corrected chi connectivity index (χ1v) is 6.88. The Morgan fingerprint density at radius 1 is 1.33 bits per heavy atom. The zero-order valence-electron chi connectivity index (χ0n) is 11.3. The Morgan fingerprint density at radius 2 is 1.89 bits per heavy atom. The maximum absolute atomic E-state index is 7.54. The number of amidine groups is 1. The first kappa shape index (κ1) is 15.2. The summed E-state index contributed by atoms with van der Waals surface area (Å²) in [6.45, 7) is 5.88. The molecule has 0 aliphatic rings. The second-order valence-electron chi connectivity index (χ2n) is 5.41. The van der Waals surface area contributed by atoms with Crippen molar-refractivity contribution in [2.24, 2.45) is 11.1 Å². The predicted octanol–water partition coefficient (Wildman–Crippen LogP) is 3.23. The van der Waals surface area contributed by atoms with Crippen molar-refractivity contribution in [1.29, 1.82) is 5.41 Å². The lowest BCUT2D eigenvalue weighted by molar-refractivity contribution is 0.284. The van der Waals surface area contributed by atoms with Crippen LogP contribution in [0.3, 0.4) is 0 Å². The molecule has 0 aromatic heterocycles. The van der Waals surface area contributed by atoms with Crippen LogP contribution in [0.1, 0.15) is 25.8 Å². The summed E-state index contributed by atoms with van der Waals surface area (Å²) >= 11 is 3.43. The maximum Gasteiger partial charge on any atom is 0.0963 e. The highest BCUT2D eigenvalue weighted by Gasteiger charge is 2.21. The quantitative estimate of drug-likeness (QED) is 0.626. The third kappa shape index (κ3) is 4.78. The van der Waals surface area contributed by atoms with Crippen molar-refractivity contribution in [2.45, 2.75) is 26.8 Å². The van der Waals surface area contributed by atoms with E-state index in [-0.39, 0.29) is 11.3 Å². The van der Waals surface area contributed by atoms with Gasteiger partial charge in [-0.15, -0.1) is 0 Å². The molecule has 0 amide bonds. The zero-order chi connectivity index (χ0) is 13.8. The van der Waals surface area contributed by atoms with Gasteiger partial charge in [0.05, 0.1) is 5.84 Å². The molecule has 4 heteroatoms. The second-order valence-corrected chi connectivity index (χ2v) is 6.33. The van der Waals surface area contributed by atoms with Gasteiger partial charge in [-0.1, -0.05) is 41.9 Å². The summed E-state index contributed by atoms with van der Waals surface area (Å²) in [5.74, 6) is 0.263. The molecule has 3 N–H and O–H groups in total. The van der Waals surface area contributed by atoms with E-state index in [4.69, 9.17) is 11.1 Å². The minimum atomic E-state index is -0.214. The van der Waals surface area contributed by atoms with Crippen molar-refractivity contribution in [2.75, 3.05) is 13.6 Å². The molecule has 100 valence electrons. The van der Waals surface area contributed by atoms with Gasteiger partial charge in [0.25, 0.3) is 0 Å². The summed E-state index contributed by atoms with van der Waals surface area (Å²) in [5.41, 5.74) is 6.66. The highest BCUT2D eigenvalue weighted by molar-refractivity contribution is 9.10. The average molecular weight is 312 g/mol. The number of hydrogen-bond donors (Lipinski definition) is 2. The molecule has 18 heavy (non-hydrogen) atoms. The standard InChI is InChI=1S/C14H22BrN3/c1-14(2,13(16)17)8-9-18(3)10-11-4-6-12(15)7-5-11/h4-7H,8-10H2,1-3H3,(H3,16,17). The van der Waals surface area contributed by atoms with Gasteiger partial charge in [0.1, 0.15) is 0 Å². The van der Waals surface area contributed by atoms with Gasteiger partial charge in [-0.25, -0.2) is 0 Å². The summed E-state index contributed by atoms with van der Waals surface area (Å²) in [5, 5.41) is 7.54. The maximum atomic E-state index is 7.54. The van der Waals surface area contributed by atoms with Gasteiger partial charge in [0.2, 0.25) is 0 Å². The summed E-state index contributed by atoms with van der Waals surface area (Å²) in [4.78, 5) is 2.26. The summed E-state index contributed by atoms with van der Waals surface area (Å²) in [6, 6.07) is 8.36. The molecule has 3 nitrogen and oxygen atoms in total. The molecule has 0 bridgehead atoms. The van der Waals surface area contributed by atoms with E-state index in [1.54, 1.807) is 0 Å². The number of nitrogens with zero attached hydrogens (tertiary/aromatic N) is 1. The number of rotatable bonds is 6. The molecule has 0 unspecified atom stereocenters. The van der Waals surface area contributed by atoms with Crippen molar-refractivity contribution >= 4 is 21.8 Å². The SMILES string of the molecule is CN(CCC(C)(C)C(=N)N)Cc1ccc(Br)cc1. The van der Waals surface area contributed by atoms with Crippen LogP contribution < -0.4 is 5.73 Å². The molecular weight excluding hydrogens is 290 g/mol. The largest absolute Gasteiger partial charge is 0.387 e. The van der Waals surface area contributed by atoms with Gasteiger partial charge in [-0.05, 0) is 37.7 Å². The molecule has 0 spiro atoms. The van der Waals surface area contributed by atoms with Crippen LogP contribution in [0.5, 0.6) is 0 Å². The molecule has 0 aliphatic carbocycles. The van der Waals surface area contributed by atoms with E-state index in [2.05, 4.69) is 52.1 Å². The smallest absolute Gasteiger partial charge is 0.0963 e. The van der Waals surface area contributed by atoms with E-state index < -0.39 is 0 Å². The van der Waals surface area contributed by atoms with E-state index in [0.29, 0.717) is 0 Å². The number of benzene rings is 1. The van der Waals surface area contributed by atoms with E-state index in [1.165, 1.54) is 5.56 Å². The first-order valence-electron chi connectivity index (χ1n) is 6.09. The lowest BCUT2D eigenvalue weighted by Gasteiger charge is -2.26. The van der Waals surface area contributed by atoms with E-state index in [9.17, 15) is 0 Å². The van der Waals surface area contributed by atoms with Gasteiger partial charge < -0.3 is 10.6 Å². The van der Waals surface area contributed by atoms with E-state index >= 15 is 0 Å². The molecule has 1 aromatic carbocycles. The van der Waals surface area contributed by atoms with Crippen LogP contribution in [0.25, 0.3) is 0 Å². The van der Waals surface area contributed by atoms with Crippen LogP contribution >= 0.6 is 15.9 Å². The molecular formula is C14H22BrN3. The van der Waals surface area contributed by atoms with E-state index in [0.717, 1.165) is 24.0 Å². The number of hydrogen-bond acceptors (Lipinski definition) is 2. The molecule has 0 aliphatic heterocycles. The fourth-order valence-corrected chi connectivity index (χ4v) is 1.85. The molecule has 0 radical (unpaired) electrons. The van der Waals surface area contributed by atoms with Crippen LogP contribution in [-0.4, -0.2) is 24.3 Å². The average Bonchev–Trinajstić information content (AvgIpc) is 2.29. The van der Waals surface area contributed by atoms with Crippen LogP contribution in [0.15, 0.2) is 28.7 Å². The highest BCUT2D eigenvalue weighted by Crippen LogP contribution is 2.20. The molecule has 0 saturated heterocycles. The number of nitrogens with two attached hydrogens (primary N) is 1. The first-order chi connectivity index (χ1) is 8.31.